The molecule has 7 bridgehead atoms. The topological polar surface area (TPSA) is 153 Å². The van der Waals surface area contributed by atoms with Crippen molar-refractivity contribution in [1.82, 2.24) is 4.90 Å². The minimum absolute atomic E-state index is 0.0791. The molecule has 0 radical (unpaired) electrons. The number of nitrogens with zero attached hydrogens (tertiary/aromatic N) is 1. The van der Waals surface area contributed by atoms with Crippen molar-refractivity contribution in [3.63, 3.8) is 0 Å². The molecule has 1 spiro atoms. The van der Waals surface area contributed by atoms with Crippen molar-refractivity contribution in [1.29, 1.82) is 0 Å². The maximum Gasteiger partial charge on any atom is 0.338 e. The Balaban J connectivity index is 1.53. The number of fused-ring (bicyclic) bond motifs is 2. The Bertz CT molecular complexity index is 1360. The highest BCUT2D eigenvalue weighted by Gasteiger charge is 2.92. The number of ether oxygens (including phenoxy) is 6. The van der Waals surface area contributed by atoms with Gasteiger partial charge in [-0.15, -0.1) is 0 Å². The zero-order chi connectivity index (χ0) is 33.0. The third-order valence-corrected chi connectivity index (χ3v) is 13.2. The SMILES string of the molecule is CCN1C[C@@]2(COC)[C@@H](O)C[C@@H](OC)[C@@]34[C@@H]1C([C@@H](OC)[C@@H]23)[C@@]1(OC(C)=O)[C@@H]2[C@H](OC(=O)c3ccccc3)[C@@](O)(C[C@@H]24)[C@H](OC)[C@H]1O. The van der Waals surface area contributed by atoms with E-state index < -0.39 is 88.3 Å². The number of hydrogen-bond acceptors (Lipinski definition) is 12. The van der Waals surface area contributed by atoms with E-state index >= 15 is 0 Å². The molecular weight excluding hydrogens is 598 g/mol. The molecule has 254 valence electrons. The maximum atomic E-state index is 13.8. The van der Waals surface area contributed by atoms with Gasteiger partial charge < -0.3 is 43.7 Å². The van der Waals surface area contributed by atoms with Gasteiger partial charge in [0.25, 0.3) is 0 Å². The van der Waals surface area contributed by atoms with Crippen molar-refractivity contribution in [3.05, 3.63) is 35.9 Å². The minimum Gasteiger partial charge on any atom is -0.455 e. The molecule has 6 aliphatic rings. The maximum absolute atomic E-state index is 13.8. The fraction of sp³-hybridized carbons (Fsp3) is 0.765. The minimum atomic E-state index is -1.83. The summed E-state index contributed by atoms with van der Waals surface area (Å²) < 4.78 is 37.4. The highest BCUT2D eigenvalue weighted by atomic mass is 16.6. The van der Waals surface area contributed by atoms with Crippen LogP contribution in [-0.2, 0) is 33.2 Å². The number of methoxy groups -OCH3 is 4. The Labute approximate surface area is 269 Å². The summed E-state index contributed by atoms with van der Waals surface area (Å²) in [4.78, 5) is 29.3. The van der Waals surface area contributed by atoms with Gasteiger partial charge in [0, 0.05) is 83.0 Å². The number of hydrogen-bond donors (Lipinski definition) is 3. The summed E-state index contributed by atoms with van der Waals surface area (Å²) in [6.45, 7) is 4.68. The van der Waals surface area contributed by atoms with Crippen molar-refractivity contribution in [3.8, 4) is 0 Å². The monoisotopic (exact) mass is 645 g/mol. The molecule has 7 rings (SSSR count). The van der Waals surface area contributed by atoms with E-state index in [-0.39, 0.29) is 25.0 Å². The number of benzene rings is 1. The number of esters is 2. The van der Waals surface area contributed by atoms with Crippen LogP contribution in [0.3, 0.4) is 0 Å². The predicted octanol–water partition coefficient (Wildman–Crippen LogP) is 0.648. The lowest BCUT2D eigenvalue weighted by Crippen LogP contribution is -2.81. The third kappa shape index (κ3) is 3.62. The van der Waals surface area contributed by atoms with Crippen LogP contribution >= 0.6 is 0 Å². The van der Waals surface area contributed by atoms with Crippen LogP contribution in [0, 0.1) is 34.5 Å². The zero-order valence-corrected chi connectivity index (χ0v) is 27.3. The van der Waals surface area contributed by atoms with Gasteiger partial charge in [-0.05, 0) is 31.0 Å². The molecule has 1 aromatic carbocycles. The second kappa shape index (κ2) is 10.9. The molecule has 5 saturated carbocycles. The Morgan fingerprint density at radius 2 is 1.72 bits per heavy atom. The lowest BCUT2D eigenvalue weighted by Gasteiger charge is -2.70. The van der Waals surface area contributed by atoms with Crippen LogP contribution < -0.4 is 0 Å². The van der Waals surface area contributed by atoms with Crippen LogP contribution in [0.1, 0.15) is 37.0 Å². The largest absolute Gasteiger partial charge is 0.455 e. The summed E-state index contributed by atoms with van der Waals surface area (Å²) in [6, 6.07) is 8.18. The number of rotatable bonds is 9. The molecular formula is C34H47NO11. The molecule has 1 saturated heterocycles. The van der Waals surface area contributed by atoms with Crippen molar-refractivity contribution < 1.29 is 53.3 Å². The fourth-order valence-electron chi connectivity index (χ4n) is 12.3. The Morgan fingerprint density at radius 1 is 1.00 bits per heavy atom. The molecule has 1 aliphatic heterocycles. The van der Waals surface area contributed by atoms with E-state index in [2.05, 4.69) is 4.90 Å². The van der Waals surface area contributed by atoms with E-state index in [9.17, 15) is 24.9 Å². The molecule has 1 unspecified atom stereocenters. The van der Waals surface area contributed by atoms with Gasteiger partial charge in [0.2, 0.25) is 0 Å². The van der Waals surface area contributed by atoms with Crippen molar-refractivity contribution in [2.24, 2.45) is 34.5 Å². The van der Waals surface area contributed by atoms with Crippen LogP contribution in [0.4, 0.5) is 0 Å². The number of aliphatic hydroxyl groups is 3. The highest BCUT2D eigenvalue weighted by Crippen LogP contribution is 2.80. The van der Waals surface area contributed by atoms with Crippen molar-refractivity contribution >= 4 is 11.9 Å². The average molecular weight is 646 g/mol. The van der Waals surface area contributed by atoms with E-state index in [0.29, 0.717) is 25.1 Å². The van der Waals surface area contributed by atoms with E-state index in [0.717, 1.165) is 0 Å². The van der Waals surface area contributed by atoms with Crippen LogP contribution in [-0.4, -0.2) is 134 Å². The molecule has 1 aromatic rings. The molecule has 0 amide bonds. The van der Waals surface area contributed by atoms with Gasteiger partial charge in [0.1, 0.15) is 23.9 Å². The van der Waals surface area contributed by atoms with Gasteiger partial charge in [-0.2, -0.15) is 0 Å². The summed E-state index contributed by atoms with van der Waals surface area (Å²) in [5.74, 6) is -3.65. The lowest BCUT2D eigenvalue weighted by molar-refractivity contribution is -0.322. The van der Waals surface area contributed by atoms with Crippen molar-refractivity contribution in [2.45, 2.75) is 80.6 Å². The van der Waals surface area contributed by atoms with Crippen LogP contribution in [0.2, 0.25) is 0 Å². The number of piperidine rings is 1. The fourth-order valence-corrected chi connectivity index (χ4v) is 12.3. The van der Waals surface area contributed by atoms with Crippen molar-refractivity contribution in [2.75, 3.05) is 48.1 Å². The van der Waals surface area contributed by atoms with E-state index in [4.69, 9.17) is 28.4 Å². The van der Waals surface area contributed by atoms with E-state index in [1.165, 1.54) is 14.0 Å². The zero-order valence-electron chi connectivity index (χ0n) is 27.3. The lowest BCUT2D eigenvalue weighted by atomic mass is 9.42. The second-order valence-corrected chi connectivity index (χ2v) is 14.4. The first-order valence-corrected chi connectivity index (χ1v) is 16.3. The van der Waals surface area contributed by atoms with Gasteiger partial charge in [-0.3, -0.25) is 9.69 Å². The first-order valence-electron chi connectivity index (χ1n) is 16.3. The Morgan fingerprint density at radius 3 is 2.30 bits per heavy atom. The van der Waals surface area contributed by atoms with E-state index in [1.807, 2.05) is 6.92 Å². The first-order chi connectivity index (χ1) is 22.0. The number of aliphatic hydroxyl groups excluding tert-OH is 2. The second-order valence-electron chi connectivity index (χ2n) is 14.4. The number of likely N-dealkylation sites (tertiary alicyclic amines) is 1. The smallest absolute Gasteiger partial charge is 0.338 e. The Hall–Kier alpha value is -2.16. The molecule has 5 aliphatic carbocycles. The predicted molar refractivity (Wildman–Crippen MR) is 160 cm³/mol. The average Bonchev–Trinajstić information content (AvgIpc) is 3.41. The molecule has 15 atom stereocenters. The normalized spacial score (nSPS) is 49.9. The summed E-state index contributed by atoms with van der Waals surface area (Å²) in [5.41, 5.74) is -4.79. The summed E-state index contributed by atoms with van der Waals surface area (Å²) in [7, 11) is 6.27. The highest BCUT2D eigenvalue weighted by molar-refractivity contribution is 5.89. The third-order valence-electron chi connectivity index (χ3n) is 13.2. The number of carbonyl (C=O) groups is 2. The summed E-state index contributed by atoms with van der Waals surface area (Å²) >= 11 is 0. The first kappa shape index (κ1) is 32.4. The quantitative estimate of drug-likeness (QED) is 0.323. The molecule has 46 heavy (non-hydrogen) atoms. The van der Waals surface area contributed by atoms with Crippen LogP contribution in [0.15, 0.2) is 30.3 Å². The standard InChI is InChI=1S/C34H47NO11/c1-7-35-15-31(16-41-3)20(37)13-21(42-4)33-19-14-32(40)28(45-30(39)18-11-9-8-10-12-18)22(19)34(46-17(2)36,27(38)29(32)44-6)23(26(33)35)24(43-5)25(31)33/h8-12,19-29,37-38,40H,7,13-16H2,1-6H3/t19-,20-,21+,22-,23?,24+,25-,26-,27+,28-,29+,31+,32-,33+,34-/m0/s1. The van der Waals surface area contributed by atoms with Gasteiger partial charge in [0.15, 0.2) is 5.60 Å². The van der Waals surface area contributed by atoms with Gasteiger partial charge in [-0.1, -0.05) is 25.1 Å². The van der Waals surface area contributed by atoms with Gasteiger partial charge in [0.05, 0.1) is 30.5 Å². The molecule has 0 aromatic heterocycles. The molecule has 1 heterocycles. The summed E-state index contributed by atoms with van der Waals surface area (Å²) in [5, 5.41) is 37.3. The molecule has 12 heteroatoms. The summed E-state index contributed by atoms with van der Waals surface area (Å²) in [6.07, 6.45) is -5.49. The van der Waals surface area contributed by atoms with Crippen LogP contribution in [0.5, 0.6) is 0 Å². The van der Waals surface area contributed by atoms with Gasteiger partial charge >= 0.3 is 11.9 Å². The number of carbonyl (C=O) groups excluding carboxylic acids is 2. The van der Waals surface area contributed by atoms with Gasteiger partial charge in [-0.25, -0.2) is 4.79 Å². The molecule has 6 fully saturated rings. The molecule has 3 N–H and O–H groups in total. The van der Waals surface area contributed by atoms with Crippen LogP contribution in [0.25, 0.3) is 0 Å². The van der Waals surface area contributed by atoms with E-state index in [1.54, 1.807) is 51.7 Å². The molecule has 12 nitrogen and oxygen atoms in total. The Kier molecular flexibility index (Phi) is 7.69.